The number of hydrogen-bond acceptors (Lipinski definition) is 2. The van der Waals surface area contributed by atoms with Crippen LogP contribution in [0.2, 0.25) is 0 Å². The van der Waals surface area contributed by atoms with E-state index in [1.807, 2.05) is 18.2 Å². The van der Waals surface area contributed by atoms with Crippen molar-refractivity contribution in [2.45, 2.75) is 0 Å². The number of ether oxygens (including phenoxy) is 2. The van der Waals surface area contributed by atoms with Gasteiger partial charge in [0.1, 0.15) is 0 Å². The fourth-order valence-corrected chi connectivity index (χ4v) is 2.09. The topological polar surface area (TPSA) is 18.5 Å². The molecule has 0 fully saturated rings. The van der Waals surface area contributed by atoms with Crippen molar-refractivity contribution in [2.75, 3.05) is 6.79 Å². The van der Waals surface area contributed by atoms with E-state index in [0.29, 0.717) is 6.79 Å². The van der Waals surface area contributed by atoms with Gasteiger partial charge in [0.2, 0.25) is 6.79 Å². The zero-order valence-corrected chi connectivity index (χ0v) is 11.6. The van der Waals surface area contributed by atoms with Crippen molar-refractivity contribution in [1.29, 1.82) is 0 Å². The number of fused-ring (bicyclic) bond motifs is 1. The predicted molar refractivity (Wildman–Crippen MR) is 66.1 cm³/mol. The van der Waals surface area contributed by atoms with E-state index < -0.39 is 0 Å². The highest BCUT2D eigenvalue weighted by atomic mass is 79.9. The SMILES string of the molecule is BrC(Br)=Cc1cc2c(cc1Br)OCO2. The summed E-state index contributed by atoms with van der Waals surface area (Å²) in [6, 6.07) is 3.83. The molecule has 2 rings (SSSR count). The minimum Gasteiger partial charge on any atom is -0.454 e. The summed E-state index contributed by atoms with van der Waals surface area (Å²) in [5, 5.41) is 0. The van der Waals surface area contributed by atoms with Crippen LogP contribution in [0.15, 0.2) is 20.0 Å². The first-order valence-electron chi connectivity index (χ1n) is 3.78. The summed E-state index contributed by atoms with van der Waals surface area (Å²) < 4.78 is 12.4. The van der Waals surface area contributed by atoms with Gasteiger partial charge in [-0.05, 0) is 55.6 Å². The van der Waals surface area contributed by atoms with Crippen LogP contribution in [0, 0.1) is 0 Å². The normalized spacial score (nSPS) is 12.8. The molecule has 0 aromatic heterocycles. The van der Waals surface area contributed by atoms with Crippen LogP contribution in [0.3, 0.4) is 0 Å². The molecular weight excluding hydrogens is 380 g/mol. The minimum absolute atomic E-state index is 0.296. The molecule has 1 aromatic rings. The van der Waals surface area contributed by atoms with Crippen molar-refractivity contribution < 1.29 is 9.47 Å². The summed E-state index contributed by atoms with van der Waals surface area (Å²) in [5.41, 5.74) is 1.03. The molecule has 1 aliphatic rings. The Balaban J connectivity index is 2.47. The maximum atomic E-state index is 5.27. The van der Waals surface area contributed by atoms with Gasteiger partial charge in [-0.2, -0.15) is 0 Å². The van der Waals surface area contributed by atoms with E-state index >= 15 is 0 Å². The molecule has 0 saturated carbocycles. The number of hydrogen-bond donors (Lipinski definition) is 0. The molecule has 0 N–H and O–H groups in total. The summed E-state index contributed by atoms with van der Waals surface area (Å²) in [4.78, 5) is 0. The Bertz CT molecular complexity index is 397. The van der Waals surface area contributed by atoms with Crippen molar-refractivity contribution >= 4 is 53.9 Å². The molecule has 0 radical (unpaired) electrons. The highest BCUT2D eigenvalue weighted by molar-refractivity contribution is 9.28. The van der Waals surface area contributed by atoms with Gasteiger partial charge < -0.3 is 9.47 Å². The Morgan fingerprint density at radius 3 is 2.50 bits per heavy atom. The third-order valence-electron chi connectivity index (χ3n) is 1.76. The first-order chi connectivity index (χ1) is 6.66. The average Bonchev–Trinajstić information content (AvgIpc) is 2.51. The Hall–Kier alpha value is -0.000000000000000111. The van der Waals surface area contributed by atoms with Crippen LogP contribution < -0.4 is 9.47 Å². The monoisotopic (exact) mass is 382 g/mol. The molecule has 0 atom stereocenters. The third kappa shape index (κ3) is 2.15. The van der Waals surface area contributed by atoms with Crippen molar-refractivity contribution in [3.8, 4) is 11.5 Å². The third-order valence-corrected chi connectivity index (χ3v) is 2.90. The molecule has 2 nitrogen and oxygen atoms in total. The van der Waals surface area contributed by atoms with Gasteiger partial charge in [0, 0.05) is 4.47 Å². The van der Waals surface area contributed by atoms with Crippen molar-refractivity contribution in [1.82, 2.24) is 0 Å². The highest BCUT2D eigenvalue weighted by Gasteiger charge is 2.15. The van der Waals surface area contributed by atoms with E-state index in [4.69, 9.17) is 9.47 Å². The van der Waals surface area contributed by atoms with Crippen molar-refractivity contribution in [3.05, 3.63) is 25.6 Å². The zero-order valence-electron chi connectivity index (χ0n) is 6.89. The van der Waals surface area contributed by atoms with Gasteiger partial charge in [0.05, 0.1) is 3.39 Å². The molecule has 0 bridgehead atoms. The maximum absolute atomic E-state index is 5.27. The smallest absolute Gasteiger partial charge is 0.231 e. The molecule has 0 amide bonds. The van der Waals surface area contributed by atoms with Crippen molar-refractivity contribution in [3.63, 3.8) is 0 Å². The number of rotatable bonds is 1. The lowest BCUT2D eigenvalue weighted by atomic mass is 10.2. The molecule has 14 heavy (non-hydrogen) atoms. The van der Waals surface area contributed by atoms with Crippen LogP contribution in [0.1, 0.15) is 5.56 Å². The van der Waals surface area contributed by atoms with Crippen LogP contribution in [0.25, 0.3) is 6.08 Å². The quantitative estimate of drug-likeness (QED) is 0.720. The second-order valence-electron chi connectivity index (χ2n) is 2.66. The maximum Gasteiger partial charge on any atom is 0.231 e. The molecule has 0 spiro atoms. The summed E-state index contributed by atoms with van der Waals surface area (Å²) >= 11 is 10.1. The van der Waals surface area contributed by atoms with E-state index in [9.17, 15) is 0 Å². The fraction of sp³-hybridized carbons (Fsp3) is 0.111. The summed E-state index contributed by atoms with van der Waals surface area (Å²) in [5.74, 6) is 1.56. The highest BCUT2D eigenvalue weighted by Crippen LogP contribution is 2.38. The molecule has 0 unspecified atom stereocenters. The fourth-order valence-electron chi connectivity index (χ4n) is 1.16. The first kappa shape index (κ1) is 10.5. The molecule has 0 aliphatic carbocycles. The van der Waals surface area contributed by atoms with Gasteiger partial charge in [0.15, 0.2) is 11.5 Å². The van der Waals surface area contributed by atoms with Gasteiger partial charge >= 0.3 is 0 Å². The van der Waals surface area contributed by atoms with Gasteiger partial charge in [-0.3, -0.25) is 0 Å². The van der Waals surface area contributed by atoms with E-state index in [2.05, 4.69) is 47.8 Å². The largest absolute Gasteiger partial charge is 0.454 e. The summed E-state index contributed by atoms with van der Waals surface area (Å²) in [6.45, 7) is 0.296. The van der Waals surface area contributed by atoms with Gasteiger partial charge in [-0.25, -0.2) is 0 Å². The minimum atomic E-state index is 0.296. The Kier molecular flexibility index (Phi) is 3.19. The van der Waals surface area contributed by atoms with E-state index in [1.54, 1.807) is 0 Å². The average molecular weight is 385 g/mol. The molecule has 0 saturated heterocycles. The Labute approximate surface area is 107 Å². The van der Waals surface area contributed by atoms with Crippen LogP contribution in [-0.4, -0.2) is 6.79 Å². The second-order valence-corrected chi connectivity index (χ2v) is 6.29. The molecule has 74 valence electrons. The van der Waals surface area contributed by atoms with Gasteiger partial charge in [0.25, 0.3) is 0 Å². The van der Waals surface area contributed by atoms with E-state index in [0.717, 1.165) is 24.9 Å². The summed E-state index contributed by atoms with van der Waals surface area (Å²) in [7, 11) is 0. The zero-order chi connectivity index (χ0) is 10.1. The molecule has 1 aromatic carbocycles. The van der Waals surface area contributed by atoms with E-state index in [-0.39, 0.29) is 0 Å². The lowest BCUT2D eigenvalue weighted by Crippen LogP contribution is -1.92. The second kappa shape index (κ2) is 4.24. The molecular formula is C9H5Br3O2. The van der Waals surface area contributed by atoms with Crippen LogP contribution in [0.5, 0.6) is 11.5 Å². The van der Waals surface area contributed by atoms with E-state index in [1.165, 1.54) is 0 Å². The van der Waals surface area contributed by atoms with Crippen LogP contribution in [-0.2, 0) is 0 Å². The number of benzene rings is 1. The summed E-state index contributed by atoms with van der Waals surface area (Å²) in [6.07, 6.45) is 1.94. The lowest BCUT2D eigenvalue weighted by molar-refractivity contribution is 0.174. The number of halogens is 3. The lowest BCUT2D eigenvalue weighted by Gasteiger charge is -2.01. The first-order valence-corrected chi connectivity index (χ1v) is 6.16. The van der Waals surface area contributed by atoms with Gasteiger partial charge in [-0.1, -0.05) is 15.9 Å². The van der Waals surface area contributed by atoms with Crippen LogP contribution >= 0.6 is 47.8 Å². The standard InChI is InChI=1S/C9H5Br3O2/c10-6-3-8-7(13-4-14-8)1-5(6)2-9(11)12/h1-3H,4H2. The molecule has 1 aliphatic heterocycles. The molecule has 1 heterocycles. The van der Waals surface area contributed by atoms with Crippen molar-refractivity contribution in [2.24, 2.45) is 0 Å². The Morgan fingerprint density at radius 1 is 1.21 bits per heavy atom. The van der Waals surface area contributed by atoms with Crippen LogP contribution in [0.4, 0.5) is 0 Å². The Morgan fingerprint density at radius 2 is 1.86 bits per heavy atom. The molecule has 5 heteroatoms. The van der Waals surface area contributed by atoms with Gasteiger partial charge in [-0.15, -0.1) is 0 Å². The predicted octanol–water partition coefficient (Wildman–Crippen LogP) is 4.27.